The van der Waals surface area contributed by atoms with Crippen molar-refractivity contribution in [3.8, 4) is 0 Å². The molecule has 0 bridgehead atoms. The van der Waals surface area contributed by atoms with Gasteiger partial charge in [0.1, 0.15) is 0 Å². The number of rotatable bonds is 11. The van der Waals surface area contributed by atoms with Gasteiger partial charge in [-0.25, -0.2) is 9.59 Å². The number of carboxylic acid groups (broad SMARTS) is 2. The van der Waals surface area contributed by atoms with Gasteiger partial charge in [-0.15, -0.1) is 0 Å². The number of hydrogen-bond donors (Lipinski definition) is 2. The Labute approximate surface area is 185 Å². The summed E-state index contributed by atoms with van der Waals surface area (Å²) in [5, 5.41) is 15.6. The zero-order valence-electron chi connectivity index (χ0n) is 16.7. The number of unbranched alkanes of at least 4 members (excludes halogenated alkanes) is 3. The van der Waals surface area contributed by atoms with E-state index in [1.54, 1.807) is 0 Å². The first-order valence-corrected chi connectivity index (χ1v) is 8.28. The molecule has 0 saturated carbocycles. The molecule has 0 aliphatic carbocycles. The summed E-state index contributed by atoms with van der Waals surface area (Å²) in [5.41, 5.74) is 0. The molecule has 0 rings (SSSR count). The molecule has 5 nitrogen and oxygen atoms in total. The van der Waals surface area contributed by atoms with E-state index in [2.05, 4.69) is 27.8 Å². The Morgan fingerprint density at radius 3 is 1.26 bits per heavy atom. The fourth-order valence-corrected chi connectivity index (χ4v) is 2.10. The summed E-state index contributed by atoms with van der Waals surface area (Å²) in [5.74, 6) is -2.51. The van der Waals surface area contributed by atoms with Gasteiger partial charge in [-0.3, -0.25) is 0 Å². The fraction of sp³-hybridized carbons (Fsp3) is 0.765. The van der Waals surface area contributed by atoms with Crippen molar-refractivity contribution >= 4 is 11.9 Å². The maximum Gasteiger partial charge on any atom is 1.00 e. The smallest absolute Gasteiger partial charge is 1.00 e. The van der Waals surface area contributed by atoms with Crippen molar-refractivity contribution in [3.63, 3.8) is 0 Å². The molecule has 0 fully saturated rings. The van der Waals surface area contributed by atoms with Gasteiger partial charge in [0.2, 0.25) is 0 Å². The summed E-state index contributed by atoms with van der Waals surface area (Å²) >= 11 is 0. The number of hydrogen-bond acceptors (Lipinski definition) is 2. The molecule has 0 aromatic carbocycles. The van der Waals surface area contributed by atoms with Crippen LogP contribution in [-0.4, -0.2) is 53.3 Å². The Morgan fingerprint density at radius 2 is 1.09 bits per heavy atom. The molecule has 0 aromatic rings. The van der Waals surface area contributed by atoms with Gasteiger partial charge in [-0.05, 0) is 19.3 Å². The minimum Gasteiger partial charge on any atom is -1.00 e. The molecule has 0 spiro atoms. The quantitative estimate of drug-likeness (QED) is 0.324. The van der Waals surface area contributed by atoms with E-state index in [0.29, 0.717) is 12.2 Å². The minimum atomic E-state index is -1.26. The molecule has 132 valence electrons. The summed E-state index contributed by atoms with van der Waals surface area (Å²) in [7, 11) is 2.45. The monoisotopic (exact) mass is 356 g/mol. The Morgan fingerprint density at radius 1 is 0.826 bits per heavy atom. The molecule has 0 aromatic heterocycles. The molecule has 23 heavy (non-hydrogen) atoms. The van der Waals surface area contributed by atoms with Crippen molar-refractivity contribution in [2.24, 2.45) is 0 Å². The molecule has 0 aliphatic rings. The number of quaternary nitrogens is 1. The first-order valence-electron chi connectivity index (χ1n) is 8.28. The van der Waals surface area contributed by atoms with Gasteiger partial charge in [0.05, 0.1) is 26.7 Å². The normalized spacial score (nSPS) is 10.6. The predicted octanol–water partition coefficient (Wildman–Crippen LogP) is 0.662. The second kappa shape index (κ2) is 18.6. The van der Waals surface area contributed by atoms with Gasteiger partial charge in [0.15, 0.2) is 0 Å². The Bertz CT molecular complexity index is 301. The standard InChI is InChI=1S/C13H30N.C4H4O4.K.H/c1-5-8-11-14(4,12-9-6-2)13-10-7-3;5-3(6)1-2-4(7)8;;/h5-13H2,1-4H3;1-2H,(H,5,6)(H,7,8);;/q+1;;+1;-1/b;2-1+;;. The fourth-order valence-electron chi connectivity index (χ4n) is 2.10. The van der Waals surface area contributed by atoms with E-state index in [0.717, 1.165) is 0 Å². The van der Waals surface area contributed by atoms with Crippen LogP contribution in [0.15, 0.2) is 12.2 Å². The van der Waals surface area contributed by atoms with Gasteiger partial charge < -0.3 is 16.1 Å². The van der Waals surface area contributed by atoms with Gasteiger partial charge in [-0.2, -0.15) is 0 Å². The van der Waals surface area contributed by atoms with Gasteiger partial charge >= 0.3 is 63.3 Å². The van der Waals surface area contributed by atoms with E-state index >= 15 is 0 Å². The number of carboxylic acids is 2. The molecule has 0 radical (unpaired) electrons. The van der Waals surface area contributed by atoms with Crippen LogP contribution in [0.1, 0.15) is 60.7 Å². The van der Waals surface area contributed by atoms with Gasteiger partial charge in [0, 0.05) is 12.2 Å². The van der Waals surface area contributed by atoms with Gasteiger partial charge in [0.25, 0.3) is 0 Å². The zero-order valence-corrected chi connectivity index (χ0v) is 18.8. The summed E-state index contributed by atoms with van der Waals surface area (Å²) in [4.78, 5) is 19.1. The molecule has 0 saturated heterocycles. The molecular formula is C17H35KNO4+. The molecular weight excluding hydrogens is 321 g/mol. The van der Waals surface area contributed by atoms with Gasteiger partial charge in [-0.1, -0.05) is 40.0 Å². The molecule has 0 amide bonds. The topological polar surface area (TPSA) is 74.6 Å². The van der Waals surface area contributed by atoms with Crippen LogP contribution in [0.4, 0.5) is 0 Å². The largest absolute Gasteiger partial charge is 1.00 e. The Hall–Kier alpha value is 0.276. The first-order chi connectivity index (χ1) is 10.3. The molecule has 6 heteroatoms. The maximum atomic E-state index is 9.55. The molecule has 0 unspecified atom stereocenters. The van der Waals surface area contributed by atoms with Crippen LogP contribution in [0.2, 0.25) is 0 Å². The summed E-state index contributed by atoms with van der Waals surface area (Å²) in [6.07, 6.45) is 9.31. The third-order valence-electron chi connectivity index (χ3n) is 3.52. The molecule has 2 N–H and O–H groups in total. The van der Waals surface area contributed by atoms with Crippen molar-refractivity contribution in [1.29, 1.82) is 0 Å². The summed E-state index contributed by atoms with van der Waals surface area (Å²) in [6, 6.07) is 0. The SMILES string of the molecule is CCCC[N+](C)(CCCC)CCCC.O=C(O)/C=C/C(=O)O.[H-].[K+]. The van der Waals surface area contributed by atoms with E-state index < -0.39 is 11.9 Å². The number of carbonyl (C=O) groups is 2. The van der Waals surface area contributed by atoms with Crippen LogP contribution >= 0.6 is 0 Å². The van der Waals surface area contributed by atoms with E-state index in [-0.39, 0.29) is 52.8 Å². The number of aliphatic carboxylic acids is 2. The van der Waals surface area contributed by atoms with Crippen LogP contribution in [0.25, 0.3) is 0 Å². The maximum absolute atomic E-state index is 9.55. The van der Waals surface area contributed by atoms with Crippen molar-refractivity contribution in [1.82, 2.24) is 0 Å². The molecule has 0 atom stereocenters. The average molecular weight is 357 g/mol. The summed E-state index contributed by atoms with van der Waals surface area (Å²) in [6.45, 7) is 11.0. The van der Waals surface area contributed by atoms with Crippen LogP contribution < -0.4 is 51.4 Å². The Kier molecular flexibility index (Phi) is 22.7. The average Bonchev–Trinajstić information content (AvgIpc) is 2.48. The molecule has 0 aliphatic heterocycles. The number of nitrogens with zero attached hydrogens (tertiary/aromatic N) is 1. The van der Waals surface area contributed by atoms with Crippen molar-refractivity contribution in [3.05, 3.63) is 12.2 Å². The van der Waals surface area contributed by atoms with E-state index in [9.17, 15) is 9.59 Å². The third kappa shape index (κ3) is 22.3. The van der Waals surface area contributed by atoms with Crippen LogP contribution in [0.3, 0.4) is 0 Å². The van der Waals surface area contributed by atoms with Crippen molar-refractivity contribution < 1.29 is 77.1 Å². The van der Waals surface area contributed by atoms with E-state index in [1.165, 1.54) is 62.6 Å². The molecule has 0 heterocycles. The van der Waals surface area contributed by atoms with Crippen LogP contribution in [-0.2, 0) is 9.59 Å². The Balaban J connectivity index is -0.000000174. The first kappa shape index (κ1) is 28.1. The van der Waals surface area contributed by atoms with Crippen LogP contribution in [0.5, 0.6) is 0 Å². The summed E-state index contributed by atoms with van der Waals surface area (Å²) < 4.78 is 1.32. The second-order valence-electron chi connectivity index (χ2n) is 5.86. The second-order valence-corrected chi connectivity index (χ2v) is 5.86. The van der Waals surface area contributed by atoms with E-state index in [4.69, 9.17) is 10.2 Å². The third-order valence-corrected chi connectivity index (χ3v) is 3.52. The van der Waals surface area contributed by atoms with Crippen molar-refractivity contribution in [2.75, 3.05) is 26.7 Å². The predicted molar refractivity (Wildman–Crippen MR) is 91.0 cm³/mol. The van der Waals surface area contributed by atoms with Crippen molar-refractivity contribution in [2.45, 2.75) is 59.3 Å². The minimum absolute atomic E-state index is 0. The zero-order chi connectivity index (χ0) is 17.4. The van der Waals surface area contributed by atoms with Crippen LogP contribution in [0, 0.1) is 0 Å². The van der Waals surface area contributed by atoms with E-state index in [1.807, 2.05) is 0 Å².